The van der Waals surface area contributed by atoms with E-state index in [1.54, 1.807) is 31.2 Å². The number of benzene rings is 3. The molecule has 1 heterocycles. The van der Waals surface area contributed by atoms with Crippen molar-refractivity contribution < 1.29 is 26.3 Å². The maximum Gasteiger partial charge on any atom is 0.429 e. The average molecular weight is 508 g/mol. The number of fused-ring (bicyclic) bond motifs is 1. The Morgan fingerprint density at radius 3 is 2.12 bits per heavy atom. The fourth-order valence-electron chi connectivity index (χ4n) is 3.15. The summed E-state index contributed by atoms with van der Waals surface area (Å²) < 4.78 is 75.3. The molecule has 0 aliphatic heterocycles. The molecular formula is C23H17ClF3N3O3S. The Hall–Kier alpha value is -3.37. The topological polar surface area (TPSA) is 81.2 Å². The van der Waals surface area contributed by atoms with Gasteiger partial charge in [0.2, 0.25) is 11.9 Å². The van der Waals surface area contributed by atoms with Gasteiger partial charge in [0, 0.05) is 5.56 Å². The van der Waals surface area contributed by atoms with E-state index in [2.05, 4.69) is 14.7 Å². The standard InChI is InChI=1S/C23H17ClF3N3O3S/c1-14-10-12-15(13-11-14)20(23(25,26)27)33-22-21(28-17-7-3-4-8-18(17)29-22)30-34(31,32)19-9-5-2-6-16(19)24/h2-13,20H,1H3,(H,28,30). The van der Waals surface area contributed by atoms with Crippen LogP contribution in [0.3, 0.4) is 0 Å². The highest BCUT2D eigenvalue weighted by Crippen LogP contribution is 2.39. The van der Waals surface area contributed by atoms with Gasteiger partial charge in [0.05, 0.1) is 16.1 Å². The van der Waals surface area contributed by atoms with E-state index in [4.69, 9.17) is 16.3 Å². The maximum absolute atomic E-state index is 14.0. The lowest BCUT2D eigenvalue weighted by atomic mass is 10.1. The van der Waals surface area contributed by atoms with Gasteiger partial charge in [-0.1, -0.05) is 65.7 Å². The minimum atomic E-state index is -4.82. The van der Waals surface area contributed by atoms with Crippen LogP contribution in [0.25, 0.3) is 11.0 Å². The van der Waals surface area contributed by atoms with Gasteiger partial charge in [-0.3, -0.25) is 4.72 Å². The molecule has 0 fully saturated rings. The minimum Gasteiger partial charge on any atom is -0.457 e. The number of aryl methyl sites for hydroxylation is 1. The molecule has 1 aromatic heterocycles. The van der Waals surface area contributed by atoms with Gasteiger partial charge >= 0.3 is 6.18 Å². The molecular weight excluding hydrogens is 491 g/mol. The first-order chi connectivity index (χ1) is 16.0. The van der Waals surface area contributed by atoms with Crippen LogP contribution in [0.4, 0.5) is 19.0 Å². The predicted octanol–water partition coefficient (Wildman–Crippen LogP) is 6.07. The Kier molecular flexibility index (Phi) is 6.37. The minimum absolute atomic E-state index is 0.0703. The van der Waals surface area contributed by atoms with Crippen molar-refractivity contribution in [3.05, 3.63) is 88.9 Å². The van der Waals surface area contributed by atoms with E-state index < -0.39 is 34.0 Å². The summed E-state index contributed by atoms with van der Waals surface area (Å²) in [5.41, 5.74) is 1.07. The quantitative estimate of drug-likeness (QED) is 0.342. The van der Waals surface area contributed by atoms with Crippen LogP contribution in [-0.4, -0.2) is 24.6 Å². The lowest BCUT2D eigenvalue weighted by Gasteiger charge is -2.23. The van der Waals surface area contributed by atoms with Crippen LogP contribution in [0.2, 0.25) is 5.02 Å². The second kappa shape index (κ2) is 9.11. The number of ether oxygens (including phenoxy) is 1. The van der Waals surface area contributed by atoms with Crippen molar-refractivity contribution in [3.63, 3.8) is 0 Å². The monoisotopic (exact) mass is 507 g/mol. The first kappa shape index (κ1) is 23.8. The molecule has 34 heavy (non-hydrogen) atoms. The summed E-state index contributed by atoms with van der Waals surface area (Å²) in [6, 6.07) is 17.6. The third-order valence-electron chi connectivity index (χ3n) is 4.80. The zero-order valence-electron chi connectivity index (χ0n) is 17.5. The number of sulfonamides is 1. The number of nitrogens with one attached hydrogen (secondary N) is 1. The van der Waals surface area contributed by atoms with Crippen LogP contribution >= 0.6 is 11.6 Å². The van der Waals surface area contributed by atoms with E-state index in [-0.39, 0.29) is 26.5 Å². The predicted molar refractivity (Wildman–Crippen MR) is 122 cm³/mol. The molecule has 0 aliphatic carbocycles. The molecule has 1 N–H and O–H groups in total. The molecule has 6 nitrogen and oxygen atoms in total. The van der Waals surface area contributed by atoms with Gasteiger partial charge in [-0.2, -0.15) is 13.2 Å². The molecule has 1 atom stereocenters. The summed E-state index contributed by atoms with van der Waals surface area (Å²) in [5, 5.41) is -0.0703. The smallest absolute Gasteiger partial charge is 0.429 e. The number of alkyl halides is 3. The molecule has 0 aliphatic rings. The highest BCUT2D eigenvalue weighted by atomic mass is 35.5. The first-order valence-electron chi connectivity index (χ1n) is 9.89. The van der Waals surface area contributed by atoms with Crippen molar-refractivity contribution >= 4 is 38.5 Å². The fourth-order valence-corrected chi connectivity index (χ4v) is 4.67. The van der Waals surface area contributed by atoms with Gasteiger partial charge in [0.15, 0.2) is 0 Å². The summed E-state index contributed by atoms with van der Waals surface area (Å²) in [6.45, 7) is 1.74. The summed E-state index contributed by atoms with van der Waals surface area (Å²) in [6.07, 6.45) is -7.23. The highest BCUT2D eigenvalue weighted by molar-refractivity contribution is 7.92. The maximum atomic E-state index is 14.0. The molecule has 0 saturated carbocycles. The molecule has 4 aromatic rings. The highest BCUT2D eigenvalue weighted by Gasteiger charge is 2.44. The lowest BCUT2D eigenvalue weighted by molar-refractivity contribution is -0.198. The zero-order valence-corrected chi connectivity index (χ0v) is 19.1. The van der Waals surface area contributed by atoms with Crippen molar-refractivity contribution in [2.75, 3.05) is 4.72 Å². The van der Waals surface area contributed by atoms with Crippen LogP contribution in [0.5, 0.6) is 5.88 Å². The van der Waals surface area contributed by atoms with E-state index >= 15 is 0 Å². The van der Waals surface area contributed by atoms with Crippen molar-refractivity contribution in [1.29, 1.82) is 0 Å². The Labute approximate surface area is 198 Å². The summed E-state index contributed by atoms with van der Waals surface area (Å²) >= 11 is 6.01. The largest absolute Gasteiger partial charge is 0.457 e. The van der Waals surface area contributed by atoms with Crippen LogP contribution in [0, 0.1) is 6.92 Å². The van der Waals surface area contributed by atoms with Crippen molar-refractivity contribution in [1.82, 2.24) is 9.97 Å². The third kappa shape index (κ3) is 5.07. The van der Waals surface area contributed by atoms with E-state index in [9.17, 15) is 21.6 Å². The fraction of sp³-hybridized carbons (Fsp3) is 0.130. The Bertz CT molecular complexity index is 1450. The lowest BCUT2D eigenvalue weighted by Crippen LogP contribution is -2.27. The second-order valence-corrected chi connectivity index (χ2v) is 9.41. The van der Waals surface area contributed by atoms with Gasteiger partial charge < -0.3 is 4.74 Å². The molecule has 4 rings (SSSR count). The molecule has 0 spiro atoms. The van der Waals surface area contributed by atoms with Gasteiger partial charge in [0.1, 0.15) is 4.90 Å². The van der Waals surface area contributed by atoms with Crippen LogP contribution in [0.1, 0.15) is 17.2 Å². The van der Waals surface area contributed by atoms with Crippen molar-refractivity contribution in [2.24, 2.45) is 0 Å². The van der Waals surface area contributed by atoms with Crippen LogP contribution in [0.15, 0.2) is 77.7 Å². The van der Waals surface area contributed by atoms with Gasteiger partial charge in [0.25, 0.3) is 15.9 Å². The van der Waals surface area contributed by atoms with E-state index in [1.807, 2.05) is 0 Å². The van der Waals surface area contributed by atoms with Crippen LogP contribution < -0.4 is 9.46 Å². The number of aromatic nitrogens is 2. The van der Waals surface area contributed by atoms with Crippen molar-refractivity contribution in [3.8, 4) is 5.88 Å². The van der Waals surface area contributed by atoms with Gasteiger partial charge in [-0.15, -0.1) is 0 Å². The van der Waals surface area contributed by atoms with Crippen molar-refractivity contribution in [2.45, 2.75) is 24.1 Å². The van der Waals surface area contributed by atoms with Crippen LogP contribution in [-0.2, 0) is 10.0 Å². The second-order valence-electron chi connectivity index (χ2n) is 7.35. The number of nitrogens with zero attached hydrogens (tertiary/aromatic N) is 2. The molecule has 176 valence electrons. The number of halogens is 4. The summed E-state index contributed by atoms with van der Waals surface area (Å²) in [5.74, 6) is -1.13. The van der Waals surface area contributed by atoms with Gasteiger partial charge in [-0.25, -0.2) is 18.4 Å². The Morgan fingerprint density at radius 1 is 0.912 bits per heavy atom. The molecule has 0 amide bonds. The normalized spacial score (nSPS) is 13.0. The average Bonchev–Trinajstić information content (AvgIpc) is 2.77. The molecule has 11 heteroatoms. The summed E-state index contributed by atoms with van der Waals surface area (Å²) in [7, 11) is -4.32. The third-order valence-corrected chi connectivity index (χ3v) is 6.64. The Morgan fingerprint density at radius 2 is 1.50 bits per heavy atom. The zero-order chi connectivity index (χ0) is 24.5. The van der Waals surface area contributed by atoms with E-state index in [1.165, 1.54) is 48.5 Å². The number of anilines is 1. The summed E-state index contributed by atoms with van der Waals surface area (Å²) in [4.78, 5) is 8.02. The molecule has 0 saturated heterocycles. The number of hydrogen-bond acceptors (Lipinski definition) is 5. The number of para-hydroxylation sites is 2. The van der Waals surface area contributed by atoms with Gasteiger partial charge in [-0.05, 0) is 31.2 Å². The number of rotatable bonds is 6. The first-order valence-corrected chi connectivity index (χ1v) is 11.7. The van der Waals surface area contributed by atoms with E-state index in [0.717, 1.165) is 5.56 Å². The SMILES string of the molecule is Cc1ccc(C(Oc2nc3ccccc3nc2NS(=O)(=O)c2ccccc2Cl)C(F)(F)F)cc1. The molecule has 1 unspecified atom stereocenters. The Balaban J connectivity index is 1.82. The molecule has 3 aromatic carbocycles. The molecule has 0 radical (unpaired) electrons. The molecule has 0 bridgehead atoms. The van der Waals surface area contributed by atoms with E-state index in [0.29, 0.717) is 0 Å². The number of hydrogen-bond donors (Lipinski definition) is 1.